The van der Waals surface area contributed by atoms with Crippen molar-refractivity contribution in [2.45, 2.75) is 19.8 Å². The molecule has 10 heteroatoms. The van der Waals surface area contributed by atoms with Crippen LogP contribution in [0.2, 0.25) is 5.02 Å². The van der Waals surface area contributed by atoms with E-state index in [1.165, 1.54) is 42.1 Å². The first-order valence-electron chi connectivity index (χ1n) is 10.2. The minimum atomic E-state index is -0.382. The maximum Gasteiger partial charge on any atom is 0.251 e. The second-order valence-corrected chi connectivity index (χ2v) is 7.40. The van der Waals surface area contributed by atoms with E-state index in [0.29, 0.717) is 54.4 Å². The highest BCUT2D eigenvalue weighted by atomic mass is 35.5. The van der Waals surface area contributed by atoms with Gasteiger partial charge in [-0.1, -0.05) is 11.6 Å². The van der Waals surface area contributed by atoms with Crippen molar-refractivity contribution >= 4 is 23.3 Å². The Labute approximate surface area is 195 Å². The molecule has 33 heavy (non-hydrogen) atoms. The lowest BCUT2D eigenvalue weighted by atomic mass is 10.1. The number of methoxy groups -OCH3 is 1. The van der Waals surface area contributed by atoms with Crippen LogP contribution in [0.25, 0.3) is 5.69 Å². The summed E-state index contributed by atoms with van der Waals surface area (Å²) in [7, 11) is 1.47. The van der Waals surface area contributed by atoms with E-state index in [9.17, 15) is 14.4 Å². The smallest absolute Gasteiger partial charge is 0.251 e. The maximum atomic E-state index is 13.2. The van der Waals surface area contributed by atoms with Crippen LogP contribution in [-0.4, -0.2) is 35.9 Å². The number of nitrogens with one attached hydrogen (secondary N) is 1. The van der Waals surface area contributed by atoms with Crippen LogP contribution >= 0.6 is 11.6 Å². The van der Waals surface area contributed by atoms with Crippen molar-refractivity contribution in [3.8, 4) is 23.3 Å². The van der Waals surface area contributed by atoms with Crippen molar-refractivity contribution in [3.05, 3.63) is 64.1 Å². The van der Waals surface area contributed by atoms with Crippen molar-refractivity contribution < 1.29 is 18.7 Å². The predicted octanol–water partition coefficient (Wildman–Crippen LogP) is 3.89. The van der Waals surface area contributed by atoms with E-state index in [2.05, 4.69) is 16.5 Å². The number of carbonyl (C=O) groups is 1. The van der Waals surface area contributed by atoms with Gasteiger partial charge in [-0.25, -0.2) is 9.07 Å². The fourth-order valence-corrected chi connectivity index (χ4v) is 3.51. The molecule has 3 rings (SSSR count). The molecule has 0 atom stereocenters. The highest BCUT2D eigenvalue weighted by molar-refractivity contribution is 6.32. The molecule has 0 spiro atoms. The van der Waals surface area contributed by atoms with Gasteiger partial charge < -0.3 is 20.5 Å². The zero-order valence-corrected chi connectivity index (χ0v) is 18.9. The van der Waals surface area contributed by atoms with Crippen LogP contribution in [0, 0.1) is 17.1 Å². The number of ether oxygens (including phenoxy) is 2. The van der Waals surface area contributed by atoms with Crippen LogP contribution in [0.4, 0.5) is 10.2 Å². The van der Waals surface area contributed by atoms with Crippen molar-refractivity contribution in [1.29, 1.82) is 5.26 Å². The van der Waals surface area contributed by atoms with Gasteiger partial charge in [-0.2, -0.15) is 10.4 Å². The van der Waals surface area contributed by atoms with Gasteiger partial charge >= 0.3 is 0 Å². The van der Waals surface area contributed by atoms with Crippen LogP contribution in [0.1, 0.15) is 35.0 Å². The fourth-order valence-electron chi connectivity index (χ4n) is 3.25. The average molecular weight is 472 g/mol. The molecule has 8 nitrogen and oxygen atoms in total. The van der Waals surface area contributed by atoms with E-state index in [1.54, 1.807) is 6.07 Å². The summed E-state index contributed by atoms with van der Waals surface area (Å²) in [6, 6.07) is 10.8. The van der Waals surface area contributed by atoms with Crippen LogP contribution in [0.15, 0.2) is 36.4 Å². The maximum absolute atomic E-state index is 13.2. The van der Waals surface area contributed by atoms with Gasteiger partial charge in [0.2, 0.25) is 0 Å². The highest BCUT2D eigenvalue weighted by Crippen LogP contribution is 2.36. The number of hydrogen-bond acceptors (Lipinski definition) is 6. The predicted molar refractivity (Wildman–Crippen MR) is 122 cm³/mol. The minimum absolute atomic E-state index is 0.180. The number of benzene rings is 2. The molecule has 0 unspecified atom stereocenters. The molecule has 3 N–H and O–H groups in total. The molecular formula is C23H23ClFN5O3. The van der Waals surface area contributed by atoms with Crippen LogP contribution in [-0.2, 0) is 6.42 Å². The number of nitriles is 1. The minimum Gasteiger partial charge on any atom is -0.493 e. The van der Waals surface area contributed by atoms with Crippen LogP contribution < -0.4 is 20.5 Å². The molecule has 172 valence electrons. The fraction of sp³-hybridized carbons (Fsp3) is 0.261. The Balaban J connectivity index is 1.65. The monoisotopic (exact) mass is 471 g/mol. The molecule has 3 aromatic rings. The second-order valence-electron chi connectivity index (χ2n) is 6.99. The number of amides is 1. The molecule has 0 radical (unpaired) electrons. The summed E-state index contributed by atoms with van der Waals surface area (Å²) in [6.07, 6.45) is 0.928. The Bertz CT molecular complexity index is 1190. The summed E-state index contributed by atoms with van der Waals surface area (Å²) in [5, 5.41) is 17.0. The third-order valence-corrected chi connectivity index (χ3v) is 5.11. The molecule has 0 fully saturated rings. The number of anilines is 1. The van der Waals surface area contributed by atoms with Crippen molar-refractivity contribution in [2.24, 2.45) is 0 Å². The SMILES string of the molecule is CCOc1c(Cl)cc(C(=O)NCCCc2nn(-c3ccc(F)cc3)c(N)c2C#N)cc1OC. The summed E-state index contributed by atoms with van der Waals surface area (Å²) < 4.78 is 25.3. The summed E-state index contributed by atoms with van der Waals surface area (Å²) in [5.41, 5.74) is 7.71. The number of nitrogens with zero attached hydrogens (tertiary/aromatic N) is 3. The van der Waals surface area contributed by atoms with E-state index < -0.39 is 0 Å². The molecule has 0 aliphatic heterocycles. The van der Waals surface area contributed by atoms with Crippen LogP contribution in [0.3, 0.4) is 0 Å². The average Bonchev–Trinajstić information content (AvgIpc) is 3.13. The van der Waals surface area contributed by atoms with E-state index in [4.69, 9.17) is 26.8 Å². The molecule has 1 aromatic heterocycles. The Morgan fingerprint density at radius 2 is 2.06 bits per heavy atom. The van der Waals surface area contributed by atoms with Gasteiger partial charge in [0.05, 0.1) is 30.1 Å². The van der Waals surface area contributed by atoms with Gasteiger partial charge in [-0.3, -0.25) is 4.79 Å². The topological polar surface area (TPSA) is 115 Å². The number of halogens is 2. The van der Waals surface area contributed by atoms with Crippen molar-refractivity contribution in [3.63, 3.8) is 0 Å². The van der Waals surface area contributed by atoms with Gasteiger partial charge in [0, 0.05) is 12.1 Å². The lowest BCUT2D eigenvalue weighted by Gasteiger charge is -2.13. The normalized spacial score (nSPS) is 10.5. The number of hydrogen-bond donors (Lipinski definition) is 2. The lowest BCUT2D eigenvalue weighted by molar-refractivity contribution is 0.0952. The molecule has 0 aliphatic carbocycles. The van der Waals surface area contributed by atoms with E-state index >= 15 is 0 Å². The van der Waals surface area contributed by atoms with E-state index in [-0.39, 0.29) is 28.1 Å². The molecule has 0 saturated heterocycles. The number of carbonyl (C=O) groups excluding carboxylic acids is 1. The lowest BCUT2D eigenvalue weighted by Crippen LogP contribution is -2.25. The number of aromatic nitrogens is 2. The van der Waals surface area contributed by atoms with Gasteiger partial charge in [0.25, 0.3) is 5.91 Å². The van der Waals surface area contributed by atoms with Crippen molar-refractivity contribution in [1.82, 2.24) is 15.1 Å². The molecule has 0 bridgehead atoms. The standard InChI is InChI=1S/C23H23ClFN5O3/c1-3-33-21-18(24)11-14(12-20(21)32-2)23(31)28-10-4-5-19-17(13-26)22(27)30(29-19)16-8-6-15(25)7-9-16/h6-9,11-12H,3-5,10,27H2,1-2H3,(H,28,31). The summed E-state index contributed by atoms with van der Waals surface area (Å²) >= 11 is 6.23. The van der Waals surface area contributed by atoms with Gasteiger partial charge in [0.15, 0.2) is 11.5 Å². The molecular weight excluding hydrogens is 449 g/mol. The Morgan fingerprint density at radius 1 is 1.33 bits per heavy atom. The Hall–Kier alpha value is -3.77. The second kappa shape index (κ2) is 10.7. The number of aryl methyl sites for hydroxylation is 1. The zero-order valence-electron chi connectivity index (χ0n) is 18.2. The molecule has 2 aromatic carbocycles. The molecule has 1 heterocycles. The number of nitrogens with two attached hydrogens (primary N) is 1. The molecule has 0 aliphatic rings. The van der Waals surface area contributed by atoms with Gasteiger partial charge in [0.1, 0.15) is 23.3 Å². The summed E-state index contributed by atoms with van der Waals surface area (Å²) in [5.74, 6) is 0.230. The Kier molecular flexibility index (Phi) is 7.74. The summed E-state index contributed by atoms with van der Waals surface area (Å²) in [4.78, 5) is 12.6. The quantitative estimate of drug-likeness (QED) is 0.457. The third kappa shape index (κ3) is 5.35. The third-order valence-electron chi connectivity index (χ3n) is 4.83. The first-order chi connectivity index (χ1) is 15.9. The molecule has 1 amide bonds. The first-order valence-corrected chi connectivity index (χ1v) is 10.6. The van der Waals surface area contributed by atoms with Gasteiger partial charge in [-0.05, 0) is 56.2 Å². The van der Waals surface area contributed by atoms with Crippen molar-refractivity contribution in [2.75, 3.05) is 26.0 Å². The number of nitrogen functional groups attached to an aromatic ring is 1. The molecule has 0 saturated carbocycles. The first kappa shape index (κ1) is 23.9. The summed E-state index contributed by atoms with van der Waals surface area (Å²) in [6.45, 7) is 2.57. The van der Waals surface area contributed by atoms with E-state index in [0.717, 1.165) is 0 Å². The Morgan fingerprint density at radius 3 is 2.70 bits per heavy atom. The largest absolute Gasteiger partial charge is 0.493 e. The van der Waals surface area contributed by atoms with Crippen LogP contribution in [0.5, 0.6) is 11.5 Å². The number of rotatable bonds is 9. The van der Waals surface area contributed by atoms with Gasteiger partial charge in [-0.15, -0.1) is 0 Å². The zero-order chi connectivity index (χ0) is 24.0. The van der Waals surface area contributed by atoms with E-state index in [1.807, 2.05) is 6.92 Å². The highest BCUT2D eigenvalue weighted by Gasteiger charge is 2.18.